The smallest absolute Gasteiger partial charge is 0.360 e. The lowest BCUT2D eigenvalue weighted by atomic mass is 10.1. The van der Waals surface area contributed by atoms with E-state index in [-0.39, 0.29) is 11.4 Å². The Labute approximate surface area is 103 Å². The van der Waals surface area contributed by atoms with E-state index in [0.717, 1.165) is 0 Å². The van der Waals surface area contributed by atoms with Gasteiger partial charge in [-0.25, -0.2) is 4.79 Å². The van der Waals surface area contributed by atoms with Crippen molar-refractivity contribution in [3.8, 4) is 22.8 Å². The Hall–Kier alpha value is -2.50. The zero-order valence-electron chi connectivity index (χ0n) is 9.84. The first-order valence-electron chi connectivity index (χ1n) is 5.08. The minimum absolute atomic E-state index is 0.0222. The molecule has 1 N–H and O–H groups in total. The fourth-order valence-electron chi connectivity index (χ4n) is 1.46. The van der Waals surface area contributed by atoms with E-state index in [1.54, 1.807) is 12.1 Å². The largest absolute Gasteiger partial charge is 0.504 e. The maximum atomic E-state index is 11.2. The van der Waals surface area contributed by atoms with E-state index in [0.29, 0.717) is 17.1 Å². The van der Waals surface area contributed by atoms with E-state index in [2.05, 4.69) is 9.89 Å². The van der Waals surface area contributed by atoms with E-state index < -0.39 is 5.97 Å². The van der Waals surface area contributed by atoms with Crippen molar-refractivity contribution in [3.63, 3.8) is 0 Å². The molecule has 0 aliphatic heterocycles. The van der Waals surface area contributed by atoms with Crippen LogP contribution in [0.15, 0.2) is 28.8 Å². The van der Waals surface area contributed by atoms with E-state index in [1.807, 2.05) is 0 Å². The van der Waals surface area contributed by atoms with Crippen LogP contribution >= 0.6 is 0 Å². The molecule has 0 radical (unpaired) electrons. The number of carbonyl (C=O) groups excluding carboxylic acids is 1. The van der Waals surface area contributed by atoms with Crippen LogP contribution < -0.4 is 4.74 Å². The Morgan fingerprint density at radius 1 is 1.33 bits per heavy atom. The number of benzene rings is 1. The summed E-state index contributed by atoms with van der Waals surface area (Å²) in [5, 5.41) is 13.2. The highest BCUT2D eigenvalue weighted by molar-refractivity contribution is 5.88. The highest BCUT2D eigenvalue weighted by Crippen LogP contribution is 2.31. The van der Waals surface area contributed by atoms with Crippen molar-refractivity contribution in [1.82, 2.24) is 5.16 Å². The third kappa shape index (κ3) is 2.13. The third-order valence-corrected chi connectivity index (χ3v) is 2.37. The number of methoxy groups -OCH3 is 2. The standard InChI is InChI=1S/C12H11NO5/c1-16-10-4-3-7(5-9(10)14)11-6-8(13-18-11)12(15)17-2/h3-6,14H,1-2H3. The van der Waals surface area contributed by atoms with Gasteiger partial charge in [0, 0.05) is 11.6 Å². The van der Waals surface area contributed by atoms with Crippen molar-refractivity contribution < 1.29 is 23.9 Å². The second-order valence-corrected chi connectivity index (χ2v) is 3.45. The average molecular weight is 249 g/mol. The Morgan fingerprint density at radius 3 is 2.72 bits per heavy atom. The molecule has 0 amide bonds. The van der Waals surface area contributed by atoms with Crippen LogP contribution in [-0.2, 0) is 4.74 Å². The molecule has 0 saturated heterocycles. The highest BCUT2D eigenvalue weighted by atomic mass is 16.5. The summed E-state index contributed by atoms with van der Waals surface area (Å²) in [5.74, 6) is 0.105. The quantitative estimate of drug-likeness (QED) is 0.836. The van der Waals surface area contributed by atoms with Crippen LogP contribution in [0.5, 0.6) is 11.5 Å². The fraction of sp³-hybridized carbons (Fsp3) is 0.167. The summed E-state index contributed by atoms with van der Waals surface area (Å²) in [4.78, 5) is 11.2. The molecule has 0 atom stereocenters. The van der Waals surface area contributed by atoms with Crippen molar-refractivity contribution in [2.75, 3.05) is 14.2 Å². The minimum Gasteiger partial charge on any atom is -0.504 e. The van der Waals surface area contributed by atoms with Gasteiger partial charge in [0.1, 0.15) is 0 Å². The zero-order chi connectivity index (χ0) is 13.1. The maximum absolute atomic E-state index is 11.2. The van der Waals surface area contributed by atoms with Gasteiger partial charge in [-0.15, -0.1) is 0 Å². The first-order valence-corrected chi connectivity index (χ1v) is 5.08. The Balaban J connectivity index is 2.34. The maximum Gasteiger partial charge on any atom is 0.360 e. The molecule has 1 heterocycles. The molecule has 0 unspecified atom stereocenters. The summed E-state index contributed by atoms with van der Waals surface area (Å²) in [6.45, 7) is 0. The van der Waals surface area contributed by atoms with E-state index in [4.69, 9.17) is 9.26 Å². The SMILES string of the molecule is COC(=O)c1cc(-c2ccc(OC)c(O)c2)on1. The van der Waals surface area contributed by atoms with Crippen LogP contribution in [0.4, 0.5) is 0 Å². The molecule has 0 bridgehead atoms. The lowest BCUT2D eigenvalue weighted by Crippen LogP contribution is -2.00. The topological polar surface area (TPSA) is 81.8 Å². The van der Waals surface area contributed by atoms with Gasteiger partial charge < -0.3 is 19.1 Å². The van der Waals surface area contributed by atoms with Gasteiger partial charge in [0.2, 0.25) is 0 Å². The fourth-order valence-corrected chi connectivity index (χ4v) is 1.46. The lowest BCUT2D eigenvalue weighted by molar-refractivity contribution is 0.0589. The van der Waals surface area contributed by atoms with Crippen LogP contribution in [0.25, 0.3) is 11.3 Å². The molecule has 0 spiro atoms. The number of nitrogens with zero attached hydrogens (tertiary/aromatic N) is 1. The molecule has 2 aromatic rings. The van der Waals surface area contributed by atoms with Gasteiger partial charge >= 0.3 is 5.97 Å². The van der Waals surface area contributed by atoms with Crippen molar-refractivity contribution in [3.05, 3.63) is 30.0 Å². The van der Waals surface area contributed by atoms with Crippen LogP contribution in [0, 0.1) is 0 Å². The molecule has 18 heavy (non-hydrogen) atoms. The Bertz CT molecular complexity index is 576. The number of hydrogen-bond acceptors (Lipinski definition) is 6. The predicted octanol–water partition coefficient (Wildman–Crippen LogP) is 1.84. The average Bonchev–Trinajstić information content (AvgIpc) is 2.87. The molecule has 0 aliphatic carbocycles. The monoisotopic (exact) mass is 249 g/mol. The molecule has 1 aromatic carbocycles. The molecular formula is C12H11NO5. The molecule has 6 nitrogen and oxygen atoms in total. The molecule has 2 rings (SSSR count). The number of hydrogen-bond donors (Lipinski definition) is 1. The van der Waals surface area contributed by atoms with Crippen molar-refractivity contribution in [2.45, 2.75) is 0 Å². The summed E-state index contributed by atoms with van der Waals surface area (Å²) in [7, 11) is 2.72. The molecule has 1 aromatic heterocycles. The number of rotatable bonds is 3. The molecule has 94 valence electrons. The van der Waals surface area contributed by atoms with Gasteiger partial charge in [0.25, 0.3) is 0 Å². The summed E-state index contributed by atoms with van der Waals surface area (Å²) in [6, 6.07) is 6.17. The summed E-state index contributed by atoms with van der Waals surface area (Å²) in [6.07, 6.45) is 0. The summed E-state index contributed by atoms with van der Waals surface area (Å²) in [5.41, 5.74) is 0.652. The number of phenolic OH excluding ortho intramolecular Hbond substituents is 1. The Morgan fingerprint density at radius 2 is 2.11 bits per heavy atom. The van der Waals surface area contributed by atoms with Crippen molar-refractivity contribution >= 4 is 5.97 Å². The van der Waals surface area contributed by atoms with Gasteiger partial charge in [0.15, 0.2) is 23.0 Å². The number of aromatic nitrogens is 1. The number of aromatic hydroxyl groups is 1. The molecule has 6 heteroatoms. The zero-order valence-corrected chi connectivity index (χ0v) is 9.84. The second-order valence-electron chi connectivity index (χ2n) is 3.45. The first-order chi connectivity index (χ1) is 8.65. The summed E-state index contributed by atoms with van der Waals surface area (Å²) < 4.78 is 14.4. The lowest BCUT2D eigenvalue weighted by Gasteiger charge is -2.03. The number of phenols is 1. The van der Waals surface area contributed by atoms with Gasteiger partial charge in [0.05, 0.1) is 14.2 Å². The number of ether oxygens (including phenoxy) is 2. The molecule has 0 aliphatic rings. The van der Waals surface area contributed by atoms with Crippen LogP contribution in [-0.4, -0.2) is 30.5 Å². The predicted molar refractivity (Wildman–Crippen MR) is 61.5 cm³/mol. The van der Waals surface area contributed by atoms with Gasteiger partial charge in [-0.1, -0.05) is 5.16 Å². The highest BCUT2D eigenvalue weighted by Gasteiger charge is 2.14. The second kappa shape index (κ2) is 4.79. The normalized spacial score (nSPS) is 10.1. The van der Waals surface area contributed by atoms with Crippen molar-refractivity contribution in [1.29, 1.82) is 0 Å². The minimum atomic E-state index is -0.581. The number of esters is 1. The van der Waals surface area contributed by atoms with Crippen LogP contribution in [0.3, 0.4) is 0 Å². The van der Waals surface area contributed by atoms with Crippen LogP contribution in [0.1, 0.15) is 10.5 Å². The van der Waals surface area contributed by atoms with Crippen LogP contribution in [0.2, 0.25) is 0 Å². The van der Waals surface area contributed by atoms with Gasteiger partial charge in [-0.05, 0) is 18.2 Å². The third-order valence-electron chi connectivity index (χ3n) is 2.37. The van der Waals surface area contributed by atoms with Gasteiger partial charge in [-0.2, -0.15) is 0 Å². The Kier molecular flexibility index (Phi) is 3.18. The van der Waals surface area contributed by atoms with E-state index in [1.165, 1.54) is 26.4 Å². The van der Waals surface area contributed by atoms with Crippen molar-refractivity contribution in [2.24, 2.45) is 0 Å². The number of carbonyl (C=O) groups is 1. The van der Waals surface area contributed by atoms with Gasteiger partial charge in [-0.3, -0.25) is 0 Å². The molecule has 0 saturated carbocycles. The van der Waals surface area contributed by atoms with E-state index in [9.17, 15) is 9.90 Å². The molecular weight excluding hydrogens is 238 g/mol. The first kappa shape index (κ1) is 12.0. The molecule has 0 fully saturated rings. The summed E-state index contributed by atoms with van der Waals surface area (Å²) >= 11 is 0. The van der Waals surface area contributed by atoms with E-state index >= 15 is 0 Å².